The Bertz CT molecular complexity index is 278. The van der Waals surface area contributed by atoms with Gasteiger partial charge < -0.3 is 0 Å². The van der Waals surface area contributed by atoms with Crippen LogP contribution in [0.25, 0.3) is 0 Å². The molecule has 2 rings (SSSR count). The molecule has 0 aromatic carbocycles. The van der Waals surface area contributed by atoms with Crippen LogP contribution in [-0.4, -0.2) is 48.6 Å². The van der Waals surface area contributed by atoms with E-state index < -0.39 is 0 Å². The van der Waals surface area contributed by atoms with Crippen LogP contribution in [0.2, 0.25) is 0 Å². The van der Waals surface area contributed by atoms with Crippen molar-refractivity contribution < 1.29 is 0 Å². The second-order valence-electron chi connectivity index (χ2n) is 5.89. The van der Waals surface area contributed by atoms with Crippen LogP contribution in [0.4, 0.5) is 0 Å². The Morgan fingerprint density at radius 2 is 1.81 bits per heavy atom. The third-order valence-corrected chi connectivity index (χ3v) is 4.41. The van der Waals surface area contributed by atoms with Crippen molar-refractivity contribution in [3.05, 3.63) is 0 Å². The van der Waals surface area contributed by atoms with Gasteiger partial charge in [0.05, 0.1) is 6.07 Å². The average Bonchev–Trinajstić information content (AvgIpc) is 2.95. The van der Waals surface area contributed by atoms with Crippen LogP contribution in [0.15, 0.2) is 0 Å². The molecule has 0 radical (unpaired) electrons. The van der Waals surface area contributed by atoms with Crippen molar-refractivity contribution in [2.24, 2.45) is 5.41 Å². The van der Waals surface area contributed by atoms with Crippen LogP contribution in [0, 0.1) is 16.7 Å². The maximum absolute atomic E-state index is 8.84. The second-order valence-corrected chi connectivity index (χ2v) is 5.89. The summed E-state index contributed by atoms with van der Waals surface area (Å²) in [6, 6.07) is 3.63. The number of likely N-dealkylation sites (N-methyl/N-ethyl adjacent to an activating group) is 1. The number of hydrogen-bond donors (Lipinski definition) is 0. The van der Waals surface area contributed by atoms with E-state index in [-0.39, 0.29) is 0 Å². The minimum absolute atomic E-state index is 0.365. The fraction of sp³-hybridized carbons (Fsp3) is 0.923. The van der Waals surface area contributed by atoms with Crippen LogP contribution in [-0.2, 0) is 0 Å². The molecule has 0 aromatic heterocycles. The molecule has 2 atom stereocenters. The molecule has 1 saturated heterocycles. The van der Waals surface area contributed by atoms with Crippen molar-refractivity contribution in [1.29, 1.82) is 5.26 Å². The largest absolute Gasteiger partial charge is 0.300 e. The Morgan fingerprint density at radius 1 is 1.25 bits per heavy atom. The molecule has 3 nitrogen and oxygen atoms in total. The van der Waals surface area contributed by atoms with Crippen molar-refractivity contribution in [2.75, 3.05) is 26.7 Å². The van der Waals surface area contributed by atoms with Gasteiger partial charge in [-0.2, -0.15) is 5.26 Å². The summed E-state index contributed by atoms with van der Waals surface area (Å²) in [4.78, 5) is 5.03. The highest BCUT2D eigenvalue weighted by atomic mass is 15.3. The highest BCUT2D eigenvalue weighted by Crippen LogP contribution is 2.49. The molecule has 16 heavy (non-hydrogen) atoms. The van der Waals surface area contributed by atoms with Gasteiger partial charge in [0, 0.05) is 38.1 Å². The van der Waals surface area contributed by atoms with Gasteiger partial charge >= 0.3 is 0 Å². The monoisotopic (exact) mass is 221 g/mol. The summed E-state index contributed by atoms with van der Waals surface area (Å²) in [6.07, 6.45) is 3.27. The molecular formula is C13H23N3. The molecule has 0 N–H and O–H groups in total. The summed E-state index contributed by atoms with van der Waals surface area (Å²) in [5, 5.41) is 8.84. The van der Waals surface area contributed by atoms with Crippen LogP contribution < -0.4 is 0 Å². The van der Waals surface area contributed by atoms with Crippen LogP contribution in [0.5, 0.6) is 0 Å². The average molecular weight is 221 g/mol. The molecular weight excluding hydrogens is 198 g/mol. The molecule has 1 saturated carbocycles. The maximum Gasteiger partial charge on any atom is 0.0628 e. The van der Waals surface area contributed by atoms with E-state index in [1.165, 1.54) is 12.8 Å². The number of hydrogen-bond acceptors (Lipinski definition) is 3. The molecule has 3 heteroatoms. The number of nitriles is 1. The van der Waals surface area contributed by atoms with Crippen LogP contribution in [0.3, 0.4) is 0 Å². The van der Waals surface area contributed by atoms with Crippen molar-refractivity contribution in [2.45, 2.75) is 45.2 Å². The summed E-state index contributed by atoms with van der Waals surface area (Å²) >= 11 is 0. The van der Waals surface area contributed by atoms with Gasteiger partial charge in [-0.3, -0.25) is 9.80 Å². The van der Waals surface area contributed by atoms with E-state index in [4.69, 9.17) is 5.26 Å². The summed E-state index contributed by atoms with van der Waals surface area (Å²) in [5.41, 5.74) is 0.365. The molecule has 2 fully saturated rings. The molecule has 0 amide bonds. The van der Waals surface area contributed by atoms with Crippen molar-refractivity contribution >= 4 is 0 Å². The third kappa shape index (κ3) is 2.39. The zero-order chi connectivity index (χ0) is 11.8. The lowest BCUT2D eigenvalue weighted by atomic mass is 10.0. The lowest BCUT2D eigenvalue weighted by Gasteiger charge is -2.43. The minimum Gasteiger partial charge on any atom is -0.300 e. The smallest absolute Gasteiger partial charge is 0.0628 e. The molecule has 90 valence electrons. The third-order valence-electron chi connectivity index (χ3n) is 4.41. The van der Waals surface area contributed by atoms with Gasteiger partial charge in [0.15, 0.2) is 0 Å². The maximum atomic E-state index is 8.84. The first-order valence-corrected chi connectivity index (χ1v) is 6.37. The summed E-state index contributed by atoms with van der Waals surface area (Å²) in [6.45, 7) is 8.06. The Kier molecular flexibility index (Phi) is 3.23. The summed E-state index contributed by atoms with van der Waals surface area (Å²) in [7, 11) is 2.22. The van der Waals surface area contributed by atoms with Gasteiger partial charge in [-0.25, -0.2) is 0 Å². The van der Waals surface area contributed by atoms with Crippen molar-refractivity contribution in [1.82, 2.24) is 9.80 Å². The van der Waals surface area contributed by atoms with E-state index in [9.17, 15) is 0 Å². The van der Waals surface area contributed by atoms with Gasteiger partial charge in [-0.1, -0.05) is 0 Å². The van der Waals surface area contributed by atoms with Gasteiger partial charge in [0.1, 0.15) is 0 Å². The highest BCUT2D eigenvalue weighted by Gasteiger charge is 2.44. The molecule has 0 bridgehead atoms. The lowest BCUT2D eigenvalue weighted by Crippen LogP contribution is -2.55. The molecule has 2 aliphatic rings. The quantitative estimate of drug-likeness (QED) is 0.726. The Labute approximate surface area is 99.0 Å². The second kappa shape index (κ2) is 4.35. The zero-order valence-electron chi connectivity index (χ0n) is 10.7. The predicted molar refractivity (Wildman–Crippen MR) is 65.0 cm³/mol. The van der Waals surface area contributed by atoms with E-state index in [2.05, 4.69) is 36.8 Å². The summed E-state index contributed by atoms with van der Waals surface area (Å²) in [5.74, 6) is 0. The van der Waals surface area contributed by atoms with E-state index in [1.54, 1.807) is 0 Å². The number of nitrogens with zero attached hydrogens (tertiary/aromatic N) is 3. The fourth-order valence-electron chi connectivity index (χ4n) is 2.85. The summed E-state index contributed by atoms with van der Waals surface area (Å²) < 4.78 is 0. The molecule has 1 aliphatic heterocycles. The molecule has 0 spiro atoms. The molecule has 2 unspecified atom stereocenters. The van der Waals surface area contributed by atoms with Crippen molar-refractivity contribution in [3.8, 4) is 6.07 Å². The Morgan fingerprint density at radius 3 is 2.25 bits per heavy atom. The van der Waals surface area contributed by atoms with Crippen LogP contribution >= 0.6 is 0 Å². The van der Waals surface area contributed by atoms with Gasteiger partial charge in [-0.05, 0) is 39.2 Å². The molecule has 0 aromatic rings. The Balaban J connectivity index is 1.90. The first-order chi connectivity index (χ1) is 7.56. The fourth-order valence-corrected chi connectivity index (χ4v) is 2.85. The van der Waals surface area contributed by atoms with Gasteiger partial charge in [-0.15, -0.1) is 0 Å². The van der Waals surface area contributed by atoms with Crippen LogP contribution in [0.1, 0.15) is 33.1 Å². The lowest BCUT2D eigenvalue weighted by molar-refractivity contribution is 0.0481. The topological polar surface area (TPSA) is 30.3 Å². The van der Waals surface area contributed by atoms with Crippen molar-refractivity contribution in [3.63, 3.8) is 0 Å². The van der Waals surface area contributed by atoms with E-state index in [0.717, 1.165) is 26.1 Å². The SMILES string of the molecule is CC1CN(CC2(CC#N)CC2)CC(C)N1C. The standard InChI is InChI=1S/C13H23N3/c1-11-8-16(9-12(2)15(11)3)10-13(4-5-13)6-7-14/h11-12H,4-6,8-10H2,1-3H3. The Hall–Kier alpha value is -0.590. The van der Waals surface area contributed by atoms with Gasteiger partial charge in [0.25, 0.3) is 0 Å². The predicted octanol–water partition coefficient (Wildman–Crippen LogP) is 1.70. The molecule has 1 aliphatic carbocycles. The zero-order valence-corrected chi connectivity index (χ0v) is 10.7. The first kappa shape index (κ1) is 11.9. The molecule has 1 heterocycles. The van der Waals surface area contributed by atoms with E-state index >= 15 is 0 Å². The van der Waals surface area contributed by atoms with E-state index in [1.807, 2.05) is 0 Å². The number of rotatable bonds is 3. The highest BCUT2D eigenvalue weighted by molar-refractivity contribution is 5.02. The number of piperazine rings is 1. The van der Waals surface area contributed by atoms with Gasteiger partial charge in [0.2, 0.25) is 0 Å². The minimum atomic E-state index is 0.365. The first-order valence-electron chi connectivity index (χ1n) is 6.37. The van der Waals surface area contributed by atoms with E-state index in [0.29, 0.717) is 17.5 Å². The normalized spacial score (nSPS) is 34.6.